The van der Waals surface area contributed by atoms with Crippen molar-refractivity contribution in [3.8, 4) is 5.75 Å². The molecule has 1 saturated heterocycles. The Kier molecular flexibility index (Phi) is 4.06. The van der Waals surface area contributed by atoms with E-state index in [-0.39, 0.29) is 23.2 Å². The summed E-state index contributed by atoms with van der Waals surface area (Å²) in [6, 6.07) is 5.85. The van der Waals surface area contributed by atoms with Gasteiger partial charge in [0.05, 0.1) is 11.7 Å². The molecule has 1 aliphatic rings. The monoisotopic (exact) mass is 291 g/mol. The van der Waals surface area contributed by atoms with E-state index in [1.165, 1.54) is 6.07 Å². The average molecular weight is 291 g/mol. The molecule has 0 aromatic heterocycles. The lowest BCUT2D eigenvalue weighted by atomic mass is 10.1. The molecule has 0 spiro atoms. The predicted molar refractivity (Wildman–Crippen MR) is 80.1 cm³/mol. The molecular formula is C15H21N3O3. The van der Waals surface area contributed by atoms with Crippen molar-refractivity contribution in [1.82, 2.24) is 10.2 Å². The maximum absolute atomic E-state index is 11.9. The minimum atomic E-state index is -0.426. The molecule has 2 rings (SSSR count). The smallest absolute Gasteiger partial charge is 0.319 e. The number of carbonyl (C=O) groups is 2. The first-order valence-electron chi connectivity index (χ1n) is 6.93. The number of rotatable bonds is 2. The molecule has 0 saturated carbocycles. The summed E-state index contributed by atoms with van der Waals surface area (Å²) in [6.07, 6.45) is 0.297. The minimum Gasteiger partial charge on any atom is -0.506 e. The highest BCUT2D eigenvalue weighted by molar-refractivity contribution is 5.91. The Labute approximate surface area is 124 Å². The molecule has 1 fully saturated rings. The molecule has 0 aliphatic carbocycles. The molecular weight excluding hydrogens is 270 g/mol. The largest absolute Gasteiger partial charge is 0.506 e. The Morgan fingerprint density at radius 2 is 2.00 bits per heavy atom. The fourth-order valence-corrected chi connectivity index (χ4v) is 2.38. The lowest BCUT2D eigenvalue weighted by molar-refractivity contribution is -0.131. The number of benzene rings is 1. The van der Waals surface area contributed by atoms with E-state index >= 15 is 0 Å². The van der Waals surface area contributed by atoms with Crippen molar-refractivity contribution in [2.24, 2.45) is 0 Å². The summed E-state index contributed by atoms with van der Waals surface area (Å²) in [5.74, 6) is 0.0434. The van der Waals surface area contributed by atoms with E-state index in [0.717, 1.165) is 0 Å². The van der Waals surface area contributed by atoms with Gasteiger partial charge in [0.15, 0.2) is 0 Å². The number of phenols is 1. The van der Waals surface area contributed by atoms with Crippen LogP contribution in [0, 0.1) is 0 Å². The normalized spacial score (nSPS) is 18.7. The Morgan fingerprint density at radius 1 is 1.33 bits per heavy atom. The highest BCUT2D eigenvalue weighted by atomic mass is 16.3. The Hall–Kier alpha value is -2.24. The van der Waals surface area contributed by atoms with E-state index in [0.29, 0.717) is 18.7 Å². The van der Waals surface area contributed by atoms with Gasteiger partial charge in [-0.05, 0) is 32.9 Å². The molecule has 1 aliphatic heterocycles. The van der Waals surface area contributed by atoms with Gasteiger partial charge < -0.3 is 20.6 Å². The quantitative estimate of drug-likeness (QED) is 0.728. The van der Waals surface area contributed by atoms with Crippen molar-refractivity contribution in [2.75, 3.05) is 11.9 Å². The number of likely N-dealkylation sites (tertiary alicyclic amines) is 1. The number of hydrogen-bond acceptors (Lipinski definition) is 3. The van der Waals surface area contributed by atoms with Crippen molar-refractivity contribution in [1.29, 1.82) is 0 Å². The van der Waals surface area contributed by atoms with Crippen LogP contribution in [0.5, 0.6) is 5.75 Å². The second-order valence-electron chi connectivity index (χ2n) is 6.19. The van der Waals surface area contributed by atoms with Crippen molar-refractivity contribution < 1.29 is 14.7 Å². The van der Waals surface area contributed by atoms with E-state index in [1.807, 2.05) is 20.8 Å². The lowest BCUT2D eigenvalue weighted by Crippen LogP contribution is -2.45. The van der Waals surface area contributed by atoms with Crippen molar-refractivity contribution in [3.63, 3.8) is 0 Å². The number of para-hydroxylation sites is 2. The Bertz CT molecular complexity index is 551. The highest BCUT2D eigenvalue weighted by Crippen LogP contribution is 2.23. The van der Waals surface area contributed by atoms with Crippen LogP contribution in [0.25, 0.3) is 0 Å². The van der Waals surface area contributed by atoms with Gasteiger partial charge in [-0.1, -0.05) is 12.1 Å². The fraction of sp³-hybridized carbons (Fsp3) is 0.467. The number of anilines is 1. The molecule has 6 nitrogen and oxygen atoms in total. The van der Waals surface area contributed by atoms with Crippen LogP contribution in [0.1, 0.15) is 27.2 Å². The molecule has 1 unspecified atom stereocenters. The van der Waals surface area contributed by atoms with Crippen LogP contribution in [0.3, 0.4) is 0 Å². The van der Waals surface area contributed by atoms with Crippen molar-refractivity contribution >= 4 is 17.6 Å². The molecule has 3 amide bonds. The number of nitrogens with one attached hydrogen (secondary N) is 2. The molecule has 0 bridgehead atoms. The maximum atomic E-state index is 11.9. The Balaban J connectivity index is 1.93. The average Bonchev–Trinajstić information content (AvgIpc) is 2.73. The van der Waals surface area contributed by atoms with Crippen LogP contribution >= 0.6 is 0 Å². The van der Waals surface area contributed by atoms with E-state index in [2.05, 4.69) is 10.6 Å². The van der Waals surface area contributed by atoms with Gasteiger partial charge in [-0.3, -0.25) is 4.79 Å². The molecule has 1 atom stereocenters. The third-order valence-electron chi connectivity index (χ3n) is 3.42. The second-order valence-corrected chi connectivity index (χ2v) is 6.19. The van der Waals surface area contributed by atoms with Crippen LogP contribution in [0.2, 0.25) is 0 Å². The number of urea groups is 1. The van der Waals surface area contributed by atoms with Gasteiger partial charge in [0.2, 0.25) is 5.91 Å². The van der Waals surface area contributed by atoms with Crippen LogP contribution < -0.4 is 10.6 Å². The molecule has 1 aromatic carbocycles. The van der Waals surface area contributed by atoms with E-state index in [9.17, 15) is 14.7 Å². The third kappa shape index (κ3) is 3.65. The Morgan fingerprint density at radius 3 is 2.57 bits per heavy atom. The van der Waals surface area contributed by atoms with Crippen LogP contribution in [-0.4, -0.2) is 40.1 Å². The number of amides is 3. The van der Waals surface area contributed by atoms with E-state index in [4.69, 9.17) is 0 Å². The summed E-state index contributed by atoms with van der Waals surface area (Å²) in [6.45, 7) is 6.40. The summed E-state index contributed by atoms with van der Waals surface area (Å²) in [5.41, 5.74) is 0.0915. The van der Waals surface area contributed by atoms with Gasteiger partial charge in [-0.15, -0.1) is 0 Å². The van der Waals surface area contributed by atoms with Gasteiger partial charge in [0.1, 0.15) is 5.75 Å². The summed E-state index contributed by atoms with van der Waals surface area (Å²) in [4.78, 5) is 25.6. The van der Waals surface area contributed by atoms with E-state index in [1.54, 1.807) is 23.1 Å². The van der Waals surface area contributed by atoms with Crippen LogP contribution in [-0.2, 0) is 4.79 Å². The molecule has 21 heavy (non-hydrogen) atoms. The topological polar surface area (TPSA) is 81.7 Å². The predicted octanol–water partition coefficient (Wildman–Crippen LogP) is 1.91. The first-order valence-corrected chi connectivity index (χ1v) is 6.93. The van der Waals surface area contributed by atoms with Crippen molar-refractivity contribution in [2.45, 2.75) is 38.8 Å². The number of nitrogens with zero attached hydrogens (tertiary/aromatic N) is 1. The van der Waals surface area contributed by atoms with E-state index < -0.39 is 6.03 Å². The van der Waals surface area contributed by atoms with Gasteiger partial charge in [0, 0.05) is 18.5 Å². The molecule has 0 radical (unpaired) electrons. The summed E-state index contributed by atoms with van der Waals surface area (Å²) in [5, 5.41) is 14.9. The zero-order chi connectivity index (χ0) is 15.6. The SMILES string of the molecule is CC(C)(C)N1CC(NC(=O)Nc2ccccc2O)CC1=O. The third-order valence-corrected chi connectivity index (χ3v) is 3.42. The standard InChI is InChI=1S/C15H21N3O3/c1-15(2,3)18-9-10(8-13(18)20)16-14(21)17-11-6-4-5-7-12(11)19/h4-7,10,19H,8-9H2,1-3H3,(H2,16,17,21). The number of phenolic OH excluding ortho intramolecular Hbond substituents is 1. The first kappa shape index (κ1) is 15.2. The van der Waals surface area contributed by atoms with Gasteiger partial charge in [0.25, 0.3) is 0 Å². The summed E-state index contributed by atoms with van der Waals surface area (Å²) in [7, 11) is 0. The second kappa shape index (κ2) is 5.63. The van der Waals surface area contributed by atoms with Crippen LogP contribution in [0.4, 0.5) is 10.5 Å². The number of carbonyl (C=O) groups excluding carboxylic acids is 2. The summed E-state index contributed by atoms with van der Waals surface area (Å²) >= 11 is 0. The summed E-state index contributed by atoms with van der Waals surface area (Å²) < 4.78 is 0. The molecule has 114 valence electrons. The van der Waals surface area contributed by atoms with Crippen LogP contribution in [0.15, 0.2) is 24.3 Å². The number of aromatic hydroxyl groups is 1. The first-order chi connectivity index (χ1) is 9.77. The maximum Gasteiger partial charge on any atom is 0.319 e. The zero-order valence-electron chi connectivity index (χ0n) is 12.5. The molecule has 6 heteroatoms. The van der Waals surface area contributed by atoms with Gasteiger partial charge >= 0.3 is 6.03 Å². The fourth-order valence-electron chi connectivity index (χ4n) is 2.38. The highest BCUT2D eigenvalue weighted by Gasteiger charge is 2.36. The molecule has 1 aromatic rings. The van der Waals surface area contributed by atoms with Gasteiger partial charge in [-0.2, -0.15) is 0 Å². The van der Waals surface area contributed by atoms with Gasteiger partial charge in [-0.25, -0.2) is 4.79 Å². The zero-order valence-corrected chi connectivity index (χ0v) is 12.5. The number of hydrogen-bond donors (Lipinski definition) is 3. The van der Waals surface area contributed by atoms with Crippen molar-refractivity contribution in [3.05, 3.63) is 24.3 Å². The molecule has 1 heterocycles. The molecule has 3 N–H and O–H groups in total. The minimum absolute atomic E-state index is 0.00599. The lowest BCUT2D eigenvalue weighted by Gasteiger charge is -2.32.